The summed E-state index contributed by atoms with van der Waals surface area (Å²) in [6.07, 6.45) is 0. The van der Waals surface area contributed by atoms with Gasteiger partial charge in [0.2, 0.25) is 0 Å². The van der Waals surface area contributed by atoms with Crippen molar-refractivity contribution in [3.63, 3.8) is 0 Å². The third-order valence-electron chi connectivity index (χ3n) is 12.5. The van der Waals surface area contributed by atoms with Crippen LogP contribution in [0.4, 0.5) is 17.1 Å². The molecular weight excluding hydrogens is 703 g/mol. The van der Waals surface area contributed by atoms with E-state index in [2.05, 4.69) is 199 Å². The van der Waals surface area contributed by atoms with Crippen LogP contribution in [0.3, 0.4) is 0 Å². The van der Waals surface area contributed by atoms with Gasteiger partial charge in [-0.05, 0) is 129 Å². The van der Waals surface area contributed by atoms with E-state index in [4.69, 9.17) is 4.42 Å². The summed E-state index contributed by atoms with van der Waals surface area (Å²) >= 11 is 0. The third-order valence-corrected chi connectivity index (χ3v) is 12.5. The molecule has 0 unspecified atom stereocenters. The summed E-state index contributed by atoms with van der Waals surface area (Å²) in [5.74, 6) is 0. The number of fused-ring (bicyclic) bond motifs is 6. The highest BCUT2D eigenvalue weighted by Crippen LogP contribution is 2.47. The van der Waals surface area contributed by atoms with Crippen molar-refractivity contribution >= 4 is 114 Å². The van der Waals surface area contributed by atoms with Crippen molar-refractivity contribution < 1.29 is 4.42 Å². The number of furan rings is 1. The zero-order chi connectivity index (χ0) is 37.9. The van der Waals surface area contributed by atoms with Gasteiger partial charge in [0.15, 0.2) is 0 Å². The normalized spacial score (nSPS) is 12.1. The molecule has 1 heterocycles. The number of hydrogen-bond acceptors (Lipinski definition) is 2. The van der Waals surface area contributed by atoms with Gasteiger partial charge in [-0.3, -0.25) is 0 Å². The Hall–Kier alpha value is -7.68. The van der Waals surface area contributed by atoms with Crippen LogP contribution in [0.25, 0.3) is 108 Å². The minimum Gasteiger partial charge on any atom is -0.456 e. The molecule has 0 aliphatic heterocycles. The van der Waals surface area contributed by atoms with E-state index in [1.54, 1.807) is 0 Å². The number of benzene rings is 11. The van der Waals surface area contributed by atoms with E-state index in [-0.39, 0.29) is 0 Å². The Kier molecular flexibility index (Phi) is 6.47. The summed E-state index contributed by atoms with van der Waals surface area (Å²) in [6.45, 7) is 0. The number of rotatable bonds is 4. The third kappa shape index (κ3) is 4.48. The van der Waals surface area contributed by atoms with Crippen LogP contribution >= 0.6 is 0 Å². The Labute approximate surface area is 333 Å². The zero-order valence-electron chi connectivity index (χ0n) is 31.4. The second-order valence-electron chi connectivity index (χ2n) is 15.6. The topological polar surface area (TPSA) is 16.4 Å². The first-order chi connectivity index (χ1) is 28.7. The van der Waals surface area contributed by atoms with Crippen LogP contribution in [0.5, 0.6) is 0 Å². The number of nitrogens with zero attached hydrogens (tertiary/aromatic N) is 1. The Morgan fingerprint density at radius 1 is 0.276 bits per heavy atom. The average molecular weight is 736 g/mol. The van der Waals surface area contributed by atoms with E-state index in [9.17, 15) is 0 Å². The van der Waals surface area contributed by atoms with Gasteiger partial charge in [-0.25, -0.2) is 0 Å². The molecule has 0 amide bonds. The van der Waals surface area contributed by atoms with Crippen LogP contribution in [0.2, 0.25) is 0 Å². The molecule has 0 fully saturated rings. The van der Waals surface area contributed by atoms with Crippen LogP contribution in [0, 0.1) is 0 Å². The molecule has 268 valence electrons. The molecule has 1 aromatic heterocycles. The quantitative estimate of drug-likeness (QED) is 0.167. The van der Waals surface area contributed by atoms with Gasteiger partial charge in [-0.1, -0.05) is 152 Å². The molecule has 2 heteroatoms. The predicted octanol–water partition coefficient (Wildman–Crippen LogP) is 16.2. The fourth-order valence-corrected chi connectivity index (χ4v) is 9.97. The van der Waals surface area contributed by atoms with Crippen LogP contribution in [-0.2, 0) is 0 Å². The van der Waals surface area contributed by atoms with E-state index in [1.165, 1.54) is 86.5 Å². The average Bonchev–Trinajstić information content (AvgIpc) is 3.65. The lowest BCUT2D eigenvalue weighted by molar-refractivity contribution is 0.669. The van der Waals surface area contributed by atoms with Crippen molar-refractivity contribution in [2.45, 2.75) is 0 Å². The lowest BCUT2D eigenvalue weighted by atomic mass is 9.87. The molecular formula is C56H33NO. The molecule has 0 N–H and O–H groups in total. The summed E-state index contributed by atoms with van der Waals surface area (Å²) in [5, 5.41) is 20.0. The van der Waals surface area contributed by atoms with Crippen LogP contribution < -0.4 is 4.90 Å². The minimum absolute atomic E-state index is 0.871. The highest BCUT2D eigenvalue weighted by molar-refractivity contribution is 6.37. The first-order valence-electron chi connectivity index (χ1n) is 20.0. The fraction of sp³-hybridized carbons (Fsp3) is 0. The predicted molar refractivity (Wildman–Crippen MR) is 248 cm³/mol. The molecule has 58 heavy (non-hydrogen) atoms. The van der Waals surface area contributed by atoms with Crippen molar-refractivity contribution in [1.82, 2.24) is 0 Å². The van der Waals surface area contributed by atoms with Gasteiger partial charge in [0, 0.05) is 33.9 Å². The van der Waals surface area contributed by atoms with Crippen LogP contribution in [0.15, 0.2) is 205 Å². The second-order valence-corrected chi connectivity index (χ2v) is 15.6. The maximum atomic E-state index is 6.51. The maximum Gasteiger partial charge on any atom is 0.137 e. The summed E-state index contributed by atoms with van der Waals surface area (Å²) < 4.78 is 6.51. The van der Waals surface area contributed by atoms with E-state index in [0.29, 0.717) is 0 Å². The molecule has 0 saturated carbocycles. The molecule has 0 bridgehead atoms. The Balaban J connectivity index is 1.13. The van der Waals surface area contributed by atoms with Crippen molar-refractivity contribution in [1.29, 1.82) is 0 Å². The molecule has 13 rings (SSSR count). The van der Waals surface area contributed by atoms with Crippen LogP contribution in [-0.4, -0.2) is 0 Å². The molecule has 0 spiro atoms. The van der Waals surface area contributed by atoms with Gasteiger partial charge in [-0.15, -0.1) is 0 Å². The van der Waals surface area contributed by atoms with Crippen molar-refractivity contribution in [3.05, 3.63) is 200 Å². The molecule has 0 radical (unpaired) electrons. The van der Waals surface area contributed by atoms with Gasteiger partial charge in [0.25, 0.3) is 0 Å². The van der Waals surface area contributed by atoms with Crippen molar-refractivity contribution in [3.8, 4) is 11.1 Å². The number of anilines is 3. The van der Waals surface area contributed by atoms with E-state index >= 15 is 0 Å². The highest BCUT2D eigenvalue weighted by Gasteiger charge is 2.21. The summed E-state index contributed by atoms with van der Waals surface area (Å²) in [4.78, 5) is 2.40. The molecule has 0 atom stereocenters. The van der Waals surface area contributed by atoms with Crippen LogP contribution in [0.1, 0.15) is 0 Å². The maximum absolute atomic E-state index is 6.51. The van der Waals surface area contributed by atoms with E-state index < -0.39 is 0 Å². The molecule has 0 aliphatic carbocycles. The fourth-order valence-electron chi connectivity index (χ4n) is 9.97. The first kappa shape index (κ1) is 31.5. The van der Waals surface area contributed by atoms with Gasteiger partial charge >= 0.3 is 0 Å². The van der Waals surface area contributed by atoms with Gasteiger partial charge in [0.05, 0.1) is 0 Å². The monoisotopic (exact) mass is 735 g/mol. The first-order valence-corrected chi connectivity index (χ1v) is 20.0. The standard InChI is InChI=1S/C56H33NO/c1-2-14-43-34(9-1)10-5-16-44(43)35-25-27-40(28-26-35)57(41-29-30-46-45-15-3-4-20-51(45)58-52(46)33-41)42-31-39-24-23-38-12-7-18-48-47-17-6-11-36-21-22-37-13-8-19-49(55(37)53(36)47)50(32-42)56(39)54(38)48/h1-33H. The Morgan fingerprint density at radius 2 is 0.793 bits per heavy atom. The van der Waals surface area contributed by atoms with E-state index in [0.717, 1.165) is 39.0 Å². The number of para-hydroxylation sites is 1. The van der Waals surface area contributed by atoms with Gasteiger partial charge < -0.3 is 9.32 Å². The Bertz CT molecular complexity index is 3790. The minimum atomic E-state index is 0.871. The summed E-state index contributed by atoms with van der Waals surface area (Å²) in [6, 6.07) is 73.6. The highest BCUT2D eigenvalue weighted by atomic mass is 16.3. The smallest absolute Gasteiger partial charge is 0.137 e. The SMILES string of the molecule is c1ccc2c(-c3ccc(N(c4ccc5c(c4)oc4ccccc45)c4cc5ccc6cccc7c8cccc9ccc%10cccc(c(c4)c5c67)c%10c98)cc3)cccc2c1. The summed E-state index contributed by atoms with van der Waals surface area (Å²) in [7, 11) is 0. The molecule has 0 saturated heterocycles. The van der Waals surface area contributed by atoms with E-state index in [1.807, 2.05) is 6.07 Å². The summed E-state index contributed by atoms with van der Waals surface area (Å²) in [5.41, 5.74) is 7.38. The largest absolute Gasteiger partial charge is 0.456 e. The molecule has 13 aromatic rings. The Morgan fingerprint density at radius 3 is 1.52 bits per heavy atom. The van der Waals surface area contributed by atoms with Crippen molar-refractivity contribution in [2.75, 3.05) is 4.90 Å². The van der Waals surface area contributed by atoms with Crippen molar-refractivity contribution in [2.24, 2.45) is 0 Å². The molecule has 0 aliphatic rings. The molecule has 12 aromatic carbocycles. The second kappa shape index (κ2) is 11.9. The van der Waals surface area contributed by atoms with Gasteiger partial charge in [0.1, 0.15) is 11.2 Å². The zero-order valence-corrected chi connectivity index (χ0v) is 31.4. The molecule has 2 nitrogen and oxygen atoms in total. The lowest BCUT2D eigenvalue weighted by Gasteiger charge is -2.27. The van der Waals surface area contributed by atoms with Gasteiger partial charge in [-0.2, -0.15) is 0 Å². The lowest BCUT2D eigenvalue weighted by Crippen LogP contribution is -2.10. The number of hydrogen-bond donors (Lipinski definition) is 0.